The second-order valence-corrected chi connectivity index (χ2v) is 7.94. The highest BCUT2D eigenvalue weighted by molar-refractivity contribution is 7.15. The van der Waals surface area contributed by atoms with Crippen LogP contribution in [-0.4, -0.2) is 60.1 Å². The van der Waals surface area contributed by atoms with Gasteiger partial charge >= 0.3 is 12.1 Å². The Morgan fingerprint density at radius 2 is 1.96 bits per heavy atom. The van der Waals surface area contributed by atoms with Gasteiger partial charge in [0.05, 0.1) is 6.54 Å². The lowest BCUT2D eigenvalue weighted by atomic mass is 10.1. The van der Waals surface area contributed by atoms with Gasteiger partial charge in [0.2, 0.25) is 0 Å². The first-order valence-electron chi connectivity index (χ1n) is 8.50. The summed E-state index contributed by atoms with van der Waals surface area (Å²) < 4.78 is 36.6. The molecule has 0 saturated carbocycles. The molecule has 27 heavy (non-hydrogen) atoms. The molecule has 5 nitrogen and oxygen atoms in total. The summed E-state index contributed by atoms with van der Waals surface area (Å²) in [5.74, 6) is -1.94. The van der Waals surface area contributed by atoms with Crippen LogP contribution in [0.2, 0.25) is 0 Å². The van der Waals surface area contributed by atoms with Crippen LogP contribution in [-0.2, 0) is 17.9 Å². The summed E-state index contributed by atoms with van der Waals surface area (Å²) >= 11 is 1.27. The first-order chi connectivity index (χ1) is 12.7. The van der Waals surface area contributed by atoms with E-state index in [1.54, 1.807) is 0 Å². The number of aromatic nitrogens is 1. The number of likely N-dealkylation sites (tertiary alicyclic amines) is 1. The van der Waals surface area contributed by atoms with Crippen molar-refractivity contribution in [1.29, 1.82) is 0 Å². The van der Waals surface area contributed by atoms with Crippen molar-refractivity contribution < 1.29 is 18.0 Å². The van der Waals surface area contributed by atoms with E-state index in [4.69, 9.17) is 0 Å². The average molecular weight is 398 g/mol. The fourth-order valence-corrected chi connectivity index (χ4v) is 3.66. The highest BCUT2D eigenvalue weighted by Gasteiger charge is 2.38. The van der Waals surface area contributed by atoms with Gasteiger partial charge in [0, 0.05) is 42.3 Å². The standard InChI is InChI=1S/C18H21F3N4OS/c1-24(2)14-10-25(11-14)9-12-3-5-13(6-4-12)16-22-7-15(27-16)8-23-17(26)18(19,20)21/h3-7,14H,8-11H2,1-2H3,(H,23,26). The van der Waals surface area contributed by atoms with E-state index in [2.05, 4.69) is 28.9 Å². The Hall–Kier alpha value is -1.97. The highest BCUT2D eigenvalue weighted by Crippen LogP contribution is 2.26. The Labute approximate surface area is 159 Å². The van der Waals surface area contributed by atoms with Gasteiger partial charge in [-0.05, 0) is 19.7 Å². The molecule has 0 unspecified atom stereocenters. The summed E-state index contributed by atoms with van der Waals surface area (Å²) in [4.78, 5) is 20.3. The van der Waals surface area contributed by atoms with E-state index in [-0.39, 0.29) is 6.54 Å². The molecule has 0 bridgehead atoms. The Bertz CT molecular complexity index is 783. The lowest BCUT2D eigenvalue weighted by Crippen LogP contribution is -2.56. The minimum atomic E-state index is -4.87. The zero-order chi connectivity index (χ0) is 19.6. The van der Waals surface area contributed by atoms with Crippen LogP contribution in [0.1, 0.15) is 10.4 Å². The first kappa shape index (κ1) is 19.8. The zero-order valence-electron chi connectivity index (χ0n) is 15.1. The number of rotatable bonds is 6. The van der Waals surface area contributed by atoms with Crippen molar-refractivity contribution in [3.05, 3.63) is 40.9 Å². The number of nitrogens with one attached hydrogen (secondary N) is 1. The SMILES string of the molecule is CN(C)C1CN(Cc2ccc(-c3ncc(CNC(=O)C(F)(F)F)s3)cc2)C1. The maximum absolute atomic E-state index is 12.2. The van der Waals surface area contributed by atoms with E-state index < -0.39 is 12.1 Å². The molecule has 146 valence electrons. The Morgan fingerprint density at radius 3 is 2.56 bits per heavy atom. The number of hydrogen-bond acceptors (Lipinski definition) is 5. The van der Waals surface area contributed by atoms with E-state index in [0.717, 1.165) is 30.2 Å². The number of carbonyl (C=O) groups is 1. The first-order valence-corrected chi connectivity index (χ1v) is 9.32. The van der Waals surface area contributed by atoms with Crippen LogP contribution >= 0.6 is 11.3 Å². The van der Waals surface area contributed by atoms with Gasteiger partial charge in [-0.2, -0.15) is 13.2 Å². The van der Waals surface area contributed by atoms with Crippen LogP contribution in [0, 0.1) is 0 Å². The molecule has 0 atom stereocenters. The summed E-state index contributed by atoms with van der Waals surface area (Å²) in [6.45, 7) is 2.84. The zero-order valence-corrected chi connectivity index (χ0v) is 15.9. The van der Waals surface area contributed by atoms with Gasteiger partial charge in [-0.15, -0.1) is 11.3 Å². The Morgan fingerprint density at radius 1 is 1.30 bits per heavy atom. The fourth-order valence-electron chi connectivity index (χ4n) is 2.80. The predicted molar refractivity (Wildman–Crippen MR) is 98.2 cm³/mol. The predicted octanol–water partition coefficient (Wildman–Crippen LogP) is 2.73. The second kappa shape index (κ2) is 7.95. The molecule has 1 saturated heterocycles. The molecule has 1 amide bonds. The lowest BCUT2D eigenvalue weighted by Gasteiger charge is -2.42. The van der Waals surface area contributed by atoms with Gasteiger partial charge in [0.1, 0.15) is 5.01 Å². The topological polar surface area (TPSA) is 48.5 Å². The maximum Gasteiger partial charge on any atom is 0.471 e. The number of likely N-dealkylation sites (N-methyl/N-ethyl adjacent to an activating group) is 1. The van der Waals surface area contributed by atoms with Crippen LogP contribution in [0.4, 0.5) is 13.2 Å². The van der Waals surface area contributed by atoms with Crippen LogP contribution in [0.5, 0.6) is 0 Å². The summed E-state index contributed by atoms with van der Waals surface area (Å²) in [5, 5.41) is 2.57. The normalized spacial score (nSPS) is 15.8. The van der Waals surface area contributed by atoms with Crippen LogP contribution in [0.25, 0.3) is 10.6 Å². The summed E-state index contributed by atoms with van der Waals surface area (Å²) in [5.41, 5.74) is 2.12. The number of halogens is 3. The van der Waals surface area contributed by atoms with E-state index in [1.165, 1.54) is 23.1 Å². The number of thiazole rings is 1. The van der Waals surface area contributed by atoms with Crippen molar-refractivity contribution in [2.24, 2.45) is 0 Å². The molecular weight excluding hydrogens is 377 g/mol. The Kier molecular flexibility index (Phi) is 5.83. The number of benzene rings is 1. The third kappa shape index (κ3) is 5.06. The number of nitrogens with zero attached hydrogens (tertiary/aromatic N) is 3. The number of amides is 1. The van der Waals surface area contributed by atoms with Gasteiger partial charge < -0.3 is 10.2 Å². The summed E-state index contributed by atoms with van der Waals surface area (Å²) in [6.07, 6.45) is -3.38. The van der Waals surface area contributed by atoms with Crippen LogP contribution in [0.3, 0.4) is 0 Å². The van der Waals surface area contributed by atoms with Gasteiger partial charge in [-0.25, -0.2) is 4.98 Å². The smallest absolute Gasteiger partial charge is 0.343 e. The van der Waals surface area contributed by atoms with E-state index in [1.807, 2.05) is 29.6 Å². The quantitative estimate of drug-likeness (QED) is 0.813. The van der Waals surface area contributed by atoms with Crippen LogP contribution in [0.15, 0.2) is 30.5 Å². The van der Waals surface area contributed by atoms with Gasteiger partial charge in [0.15, 0.2) is 0 Å². The number of alkyl halides is 3. The molecule has 1 aliphatic heterocycles. The lowest BCUT2D eigenvalue weighted by molar-refractivity contribution is -0.173. The third-order valence-electron chi connectivity index (χ3n) is 4.51. The number of carbonyl (C=O) groups excluding carboxylic acids is 1. The molecule has 3 rings (SSSR count). The monoisotopic (exact) mass is 398 g/mol. The van der Waals surface area contributed by atoms with Crippen molar-refractivity contribution in [3.63, 3.8) is 0 Å². The Balaban J connectivity index is 1.53. The van der Waals surface area contributed by atoms with Crippen LogP contribution < -0.4 is 5.32 Å². The second-order valence-electron chi connectivity index (χ2n) is 6.82. The van der Waals surface area contributed by atoms with Gasteiger partial charge in [0.25, 0.3) is 0 Å². The summed E-state index contributed by atoms with van der Waals surface area (Å²) in [6, 6.07) is 8.65. The molecule has 2 heterocycles. The molecule has 1 fully saturated rings. The number of hydrogen-bond donors (Lipinski definition) is 1. The fraction of sp³-hybridized carbons (Fsp3) is 0.444. The molecule has 0 radical (unpaired) electrons. The highest BCUT2D eigenvalue weighted by atomic mass is 32.1. The molecule has 0 aliphatic carbocycles. The van der Waals surface area contributed by atoms with Crippen molar-refractivity contribution in [2.75, 3.05) is 27.2 Å². The van der Waals surface area contributed by atoms with E-state index in [0.29, 0.717) is 10.9 Å². The minimum Gasteiger partial charge on any atom is -0.343 e. The van der Waals surface area contributed by atoms with Crippen molar-refractivity contribution >= 4 is 17.2 Å². The third-order valence-corrected chi connectivity index (χ3v) is 5.56. The van der Waals surface area contributed by atoms with Crippen molar-refractivity contribution in [3.8, 4) is 10.6 Å². The van der Waals surface area contributed by atoms with Crippen molar-refractivity contribution in [2.45, 2.75) is 25.3 Å². The minimum absolute atomic E-state index is 0.184. The average Bonchev–Trinajstić information content (AvgIpc) is 3.03. The molecule has 9 heteroatoms. The van der Waals surface area contributed by atoms with Gasteiger partial charge in [-0.3, -0.25) is 9.69 Å². The molecule has 1 aromatic heterocycles. The molecule has 2 aromatic rings. The molecule has 1 aromatic carbocycles. The molecular formula is C18H21F3N4OS. The van der Waals surface area contributed by atoms with Crippen molar-refractivity contribution in [1.82, 2.24) is 20.1 Å². The van der Waals surface area contributed by atoms with E-state index in [9.17, 15) is 18.0 Å². The molecule has 1 N–H and O–H groups in total. The van der Waals surface area contributed by atoms with E-state index >= 15 is 0 Å². The largest absolute Gasteiger partial charge is 0.471 e. The van der Waals surface area contributed by atoms with Gasteiger partial charge in [-0.1, -0.05) is 24.3 Å². The molecule has 0 spiro atoms. The maximum atomic E-state index is 12.2. The summed E-state index contributed by atoms with van der Waals surface area (Å²) in [7, 11) is 4.18. The molecule has 1 aliphatic rings.